The first-order valence-electron chi connectivity index (χ1n) is 6.39. The van der Waals surface area contributed by atoms with E-state index >= 15 is 0 Å². The van der Waals surface area contributed by atoms with Gasteiger partial charge >= 0.3 is 0 Å². The largest absolute Gasteiger partial charge is 0.340 e. The van der Waals surface area contributed by atoms with Gasteiger partial charge in [-0.1, -0.05) is 27.7 Å². The second kappa shape index (κ2) is 6.05. The molecule has 0 radical (unpaired) electrons. The molecule has 0 saturated carbocycles. The van der Waals surface area contributed by atoms with Crippen molar-refractivity contribution in [1.82, 2.24) is 15.1 Å². The molecule has 3 N–H and O–H groups in total. The number of aromatic amines is 1. The van der Waals surface area contributed by atoms with Gasteiger partial charge in [-0.25, -0.2) is 0 Å². The van der Waals surface area contributed by atoms with Gasteiger partial charge in [-0.05, 0) is 33.8 Å². The zero-order valence-electron chi connectivity index (χ0n) is 12.2. The van der Waals surface area contributed by atoms with Crippen molar-refractivity contribution in [3.05, 3.63) is 15.9 Å². The maximum Gasteiger partial charge on any atom is 0.275 e. The molecule has 0 fully saturated rings. The molecule has 0 saturated heterocycles. The van der Waals surface area contributed by atoms with Gasteiger partial charge in [-0.15, -0.1) is 0 Å². The molecule has 0 bridgehead atoms. The number of aromatic nitrogens is 2. The Morgan fingerprint density at radius 2 is 2.11 bits per heavy atom. The molecule has 0 aliphatic carbocycles. The van der Waals surface area contributed by atoms with Crippen LogP contribution in [-0.4, -0.2) is 41.1 Å². The summed E-state index contributed by atoms with van der Waals surface area (Å²) < 4.78 is 0.755. The highest BCUT2D eigenvalue weighted by molar-refractivity contribution is 9.10. The SMILES string of the molecule is CC(C)c1[nH]nc(C(=O)N(C)CC(C)(C)CN)c1Br. The third-order valence-electron chi connectivity index (χ3n) is 3.08. The van der Waals surface area contributed by atoms with E-state index in [1.165, 1.54) is 0 Å². The van der Waals surface area contributed by atoms with Crippen molar-refractivity contribution in [3.8, 4) is 0 Å². The Hall–Kier alpha value is -0.880. The molecular weight excluding hydrogens is 308 g/mol. The number of H-pyrrole nitrogens is 1. The van der Waals surface area contributed by atoms with Crippen molar-refractivity contribution in [2.24, 2.45) is 11.1 Å². The Labute approximate surface area is 123 Å². The number of carbonyl (C=O) groups excluding carboxylic acids is 1. The van der Waals surface area contributed by atoms with Crippen molar-refractivity contribution < 1.29 is 4.79 Å². The van der Waals surface area contributed by atoms with Crippen LogP contribution in [0.1, 0.15) is 49.8 Å². The first kappa shape index (κ1) is 16.2. The predicted molar refractivity (Wildman–Crippen MR) is 80.2 cm³/mol. The molecule has 1 rings (SSSR count). The summed E-state index contributed by atoms with van der Waals surface area (Å²) >= 11 is 3.45. The van der Waals surface area contributed by atoms with Gasteiger partial charge in [-0.3, -0.25) is 9.89 Å². The minimum atomic E-state index is -0.103. The number of carbonyl (C=O) groups is 1. The van der Waals surface area contributed by atoms with Crippen molar-refractivity contribution >= 4 is 21.8 Å². The first-order chi connectivity index (χ1) is 8.69. The van der Waals surface area contributed by atoms with Gasteiger partial charge < -0.3 is 10.6 Å². The standard InChI is InChI=1S/C13H23BrN4O/c1-8(2)10-9(14)11(17-16-10)12(19)18(5)7-13(3,4)6-15/h8H,6-7,15H2,1-5H3,(H,16,17). The van der Waals surface area contributed by atoms with Crippen molar-refractivity contribution in [3.63, 3.8) is 0 Å². The summed E-state index contributed by atoms with van der Waals surface area (Å²) in [6.07, 6.45) is 0. The van der Waals surface area contributed by atoms with E-state index in [1.807, 2.05) is 27.7 Å². The molecule has 0 unspecified atom stereocenters. The molecule has 0 atom stereocenters. The molecule has 1 heterocycles. The molecule has 1 aromatic rings. The lowest BCUT2D eigenvalue weighted by molar-refractivity contribution is 0.0734. The van der Waals surface area contributed by atoms with E-state index in [0.717, 1.165) is 10.2 Å². The van der Waals surface area contributed by atoms with Crippen molar-refractivity contribution in [2.45, 2.75) is 33.6 Å². The lowest BCUT2D eigenvalue weighted by Crippen LogP contribution is -2.40. The maximum absolute atomic E-state index is 12.4. The van der Waals surface area contributed by atoms with Gasteiger partial charge in [0.1, 0.15) is 0 Å². The molecule has 0 spiro atoms. The molecule has 5 nitrogen and oxygen atoms in total. The lowest BCUT2D eigenvalue weighted by Gasteiger charge is -2.28. The third kappa shape index (κ3) is 3.79. The lowest BCUT2D eigenvalue weighted by atomic mass is 9.93. The maximum atomic E-state index is 12.4. The normalized spacial score (nSPS) is 12.0. The average molecular weight is 331 g/mol. The van der Waals surface area contributed by atoms with Crippen molar-refractivity contribution in [2.75, 3.05) is 20.1 Å². The number of nitrogens with zero attached hydrogens (tertiary/aromatic N) is 2. The van der Waals surface area contributed by atoms with Crippen LogP contribution < -0.4 is 5.73 Å². The highest BCUT2D eigenvalue weighted by atomic mass is 79.9. The topological polar surface area (TPSA) is 75.0 Å². The summed E-state index contributed by atoms with van der Waals surface area (Å²) in [5.74, 6) is 0.186. The molecule has 1 aromatic heterocycles. The van der Waals surface area contributed by atoms with E-state index in [9.17, 15) is 4.79 Å². The monoisotopic (exact) mass is 330 g/mol. The Kier molecular flexibility index (Phi) is 5.15. The zero-order valence-corrected chi connectivity index (χ0v) is 13.8. The minimum Gasteiger partial charge on any atom is -0.340 e. The number of halogens is 1. The third-order valence-corrected chi connectivity index (χ3v) is 3.88. The summed E-state index contributed by atoms with van der Waals surface area (Å²) in [5, 5.41) is 7.04. The van der Waals surface area contributed by atoms with Gasteiger partial charge in [0.15, 0.2) is 5.69 Å². The van der Waals surface area contributed by atoms with Crippen LogP contribution in [0.5, 0.6) is 0 Å². The van der Waals surface area contributed by atoms with Crippen LogP contribution >= 0.6 is 15.9 Å². The van der Waals surface area contributed by atoms with Crippen LogP contribution in [-0.2, 0) is 0 Å². The summed E-state index contributed by atoms with van der Waals surface area (Å²) in [5.41, 5.74) is 6.96. The van der Waals surface area contributed by atoms with Gasteiger partial charge in [0.25, 0.3) is 5.91 Å². The fraction of sp³-hybridized carbons (Fsp3) is 0.692. The van der Waals surface area contributed by atoms with Crippen LogP contribution in [0, 0.1) is 5.41 Å². The van der Waals surface area contributed by atoms with E-state index in [-0.39, 0.29) is 17.2 Å². The summed E-state index contributed by atoms with van der Waals surface area (Å²) in [4.78, 5) is 14.0. The van der Waals surface area contributed by atoms with Gasteiger partial charge in [-0.2, -0.15) is 5.10 Å². The van der Waals surface area contributed by atoms with E-state index in [2.05, 4.69) is 26.1 Å². The molecular formula is C13H23BrN4O. The van der Waals surface area contributed by atoms with Gasteiger partial charge in [0.2, 0.25) is 0 Å². The fourth-order valence-corrected chi connectivity index (χ4v) is 2.63. The smallest absolute Gasteiger partial charge is 0.275 e. The molecule has 19 heavy (non-hydrogen) atoms. The molecule has 1 amide bonds. The highest BCUT2D eigenvalue weighted by Crippen LogP contribution is 2.26. The number of nitrogens with one attached hydrogen (secondary N) is 1. The van der Waals surface area contributed by atoms with Crippen LogP contribution in [0.25, 0.3) is 0 Å². The van der Waals surface area contributed by atoms with E-state index in [4.69, 9.17) is 5.73 Å². The summed E-state index contributed by atoms with van der Waals surface area (Å²) in [6.45, 7) is 9.30. The number of rotatable bonds is 5. The van der Waals surface area contributed by atoms with E-state index in [0.29, 0.717) is 18.8 Å². The van der Waals surface area contributed by atoms with Crippen LogP contribution in [0.4, 0.5) is 0 Å². The van der Waals surface area contributed by atoms with Crippen LogP contribution in [0.3, 0.4) is 0 Å². The number of hydrogen-bond acceptors (Lipinski definition) is 3. The molecule has 0 aliphatic heterocycles. The summed E-state index contributed by atoms with van der Waals surface area (Å²) in [6, 6.07) is 0. The Balaban J connectivity index is 2.89. The Morgan fingerprint density at radius 1 is 1.53 bits per heavy atom. The second-order valence-corrected chi connectivity index (χ2v) is 6.78. The minimum absolute atomic E-state index is 0.100. The fourth-order valence-electron chi connectivity index (χ4n) is 1.83. The van der Waals surface area contributed by atoms with E-state index in [1.54, 1.807) is 11.9 Å². The zero-order chi connectivity index (χ0) is 14.8. The molecule has 6 heteroatoms. The molecule has 0 aromatic carbocycles. The number of hydrogen-bond donors (Lipinski definition) is 2. The predicted octanol–water partition coefficient (Wildman–Crippen LogP) is 2.35. The van der Waals surface area contributed by atoms with Crippen molar-refractivity contribution in [1.29, 1.82) is 0 Å². The average Bonchev–Trinajstić information content (AvgIpc) is 2.69. The summed E-state index contributed by atoms with van der Waals surface area (Å²) in [7, 11) is 1.77. The molecule has 0 aliphatic rings. The Morgan fingerprint density at radius 3 is 2.53 bits per heavy atom. The highest BCUT2D eigenvalue weighted by Gasteiger charge is 2.26. The first-order valence-corrected chi connectivity index (χ1v) is 7.18. The van der Waals surface area contributed by atoms with Gasteiger partial charge in [0, 0.05) is 13.6 Å². The number of nitrogens with two attached hydrogens (primary N) is 1. The second-order valence-electron chi connectivity index (χ2n) is 5.98. The van der Waals surface area contributed by atoms with Crippen LogP contribution in [0.2, 0.25) is 0 Å². The van der Waals surface area contributed by atoms with Crippen LogP contribution in [0.15, 0.2) is 4.47 Å². The number of amides is 1. The quantitative estimate of drug-likeness (QED) is 0.870. The Bertz CT molecular complexity index is 453. The van der Waals surface area contributed by atoms with Gasteiger partial charge in [0.05, 0.1) is 10.2 Å². The van der Waals surface area contributed by atoms with E-state index < -0.39 is 0 Å². The molecule has 108 valence electrons.